The second-order valence-electron chi connectivity index (χ2n) is 9.94. The van der Waals surface area contributed by atoms with Crippen LogP contribution in [0.1, 0.15) is 51.5 Å². The van der Waals surface area contributed by atoms with E-state index in [0.29, 0.717) is 12.0 Å². The van der Waals surface area contributed by atoms with Crippen LogP contribution in [0.25, 0.3) is 10.9 Å². The predicted octanol–water partition coefficient (Wildman–Crippen LogP) is -0.247. The van der Waals surface area contributed by atoms with Crippen LogP contribution < -0.4 is 27.4 Å². The van der Waals surface area contributed by atoms with Crippen molar-refractivity contribution in [2.45, 2.75) is 76.5 Å². The van der Waals surface area contributed by atoms with Crippen LogP contribution in [0.3, 0.4) is 0 Å². The Bertz CT molecular complexity index is 1260. The van der Waals surface area contributed by atoms with Gasteiger partial charge in [-0.25, -0.2) is 4.79 Å². The Morgan fingerprint density at radius 1 is 0.902 bits per heavy atom. The normalized spacial score (nSPS) is 14.7. The molecule has 0 radical (unpaired) electrons. The number of hydrogen-bond donors (Lipinski definition) is 8. The van der Waals surface area contributed by atoms with Crippen molar-refractivity contribution in [2.24, 2.45) is 17.4 Å². The standard InChI is InChI=1S/C27H38N6O8/c1-3-14(2)23(33-24(37)17(28)8-11-22(35)36)26(39)32-20(12-15-13-30-18-7-5-4-6-16(15)18)25(38)31-19(27(40)41)9-10-21(29)34/h4-7,13-14,17,19-20,23,30H,3,8-12,28H2,1-2H3,(H2,29,34)(H,31,38)(H,32,39)(H,33,37)(H,35,36)(H,40,41). The molecule has 0 aliphatic rings. The number of benzene rings is 1. The molecule has 224 valence electrons. The van der Waals surface area contributed by atoms with Gasteiger partial charge in [0.2, 0.25) is 23.6 Å². The Kier molecular flexibility index (Phi) is 12.3. The molecular formula is C27H38N6O8. The first-order valence-electron chi connectivity index (χ1n) is 13.3. The summed E-state index contributed by atoms with van der Waals surface area (Å²) in [5.41, 5.74) is 12.4. The molecule has 5 atom stereocenters. The number of carboxylic acid groups (broad SMARTS) is 2. The molecule has 2 rings (SSSR count). The number of aliphatic carboxylic acids is 2. The van der Waals surface area contributed by atoms with Crippen LogP contribution in [-0.2, 0) is 35.2 Å². The fourth-order valence-electron chi connectivity index (χ4n) is 4.18. The molecule has 10 N–H and O–H groups in total. The van der Waals surface area contributed by atoms with E-state index in [0.717, 1.165) is 10.9 Å². The van der Waals surface area contributed by atoms with Crippen LogP contribution in [0.2, 0.25) is 0 Å². The summed E-state index contributed by atoms with van der Waals surface area (Å²) in [5.74, 6) is -5.87. The Hall–Kier alpha value is -4.46. The van der Waals surface area contributed by atoms with Gasteiger partial charge in [0.05, 0.1) is 6.04 Å². The summed E-state index contributed by atoms with van der Waals surface area (Å²) in [7, 11) is 0. The summed E-state index contributed by atoms with van der Waals surface area (Å²) in [6.45, 7) is 3.51. The maximum Gasteiger partial charge on any atom is 0.326 e. The molecule has 41 heavy (non-hydrogen) atoms. The third kappa shape index (κ3) is 9.90. The van der Waals surface area contributed by atoms with Crippen molar-refractivity contribution in [1.82, 2.24) is 20.9 Å². The summed E-state index contributed by atoms with van der Waals surface area (Å²) in [5, 5.41) is 26.8. The third-order valence-corrected chi connectivity index (χ3v) is 6.83. The van der Waals surface area contributed by atoms with E-state index in [9.17, 15) is 33.9 Å². The first kappa shape index (κ1) is 32.8. The Morgan fingerprint density at radius 3 is 2.17 bits per heavy atom. The van der Waals surface area contributed by atoms with E-state index in [1.165, 1.54) is 0 Å². The number of carboxylic acids is 2. The van der Waals surface area contributed by atoms with Gasteiger partial charge in [-0.05, 0) is 30.4 Å². The predicted molar refractivity (Wildman–Crippen MR) is 148 cm³/mol. The molecular weight excluding hydrogens is 536 g/mol. The van der Waals surface area contributed by atoms with Crippen molar-refractivity contribution in [1.29, 1.82) is 0 Å². The van der Waals surface area contributed by atoms with Gasteiger partial charge < -0.3 is 42.6 Å². The smallest absolute Gasteiger partial charge is 0.326 e. The van der Waals surface area contributed by atoms with E-state index in [2.05, 4.69) is 20.9 Å². The number of aromatic amines is 1. The molecule has 4 amide bonds. The molecule has 14 heteroatoms. The molecule has 14 nitrogen and oxygen atoms in total. The Labute approximate surface area is 236 Å². The van der Waals surface area contributed by atoms with E-state index in [1.54, 1.807) is 26.1 Å². The molecule has 0 saturated carbocycles. The number of para-hydroxylation sites is 1. The third-order valence-electron chi connectivity index (χ3n) is 6.83. The van der Waals surface area contributed by atoms with Crippen LogP contribution in [-0.4, -0.2) is 74.9 Å². The first-order valence-corrected chi connectivity index (χ1v) is 13.3. The fraction of sp³-hybridized carbons (Fsp3) is 0.481. The average Bonchev–Trinajstić information content (AvgIpc) is 3.33. The number of carbonyl (C=O) groups excluding carboxylic acids is 4. The lowest BCUT2D eigenvalue weighted by molar-refractivity contribution is -0.142. The van der Waals surface area contributed by atoms with Gasteiger partial charge >= 0.3 is 11.9 Å². The minimum absolute atomic E-state index is 0.0248. The molecule has 1 aromatic carbocycles. The zero-order valence-corrected chi connectivity index (χ0v) is 23.0. The first-order chi connectivity index (χ1) is 19.3. The van der Waals surface area contributed by atoms with Crippen molar-refractivity contribution in [2.75, 3.05) is 0 Å². The maximum atomic E-state index is 13.5. The largest absolute Gasteiger partial charge is 0.481 e. The van der Waals surface area contributed by atoms with Crippen LogP contribution in [0.15, 0.2) is 30.5 Å². The summed E-state index contributed by atoms with van der Waals surface area (Å²) in [6.07, 6.45) is 1.13. The molecule has 0 aliphatic carbocycles. The lowest BCUT2D eigenvalue weighted by Gasteiger charge is -2.28. The summed E-state index contributed by atoms with van der Waals surface area (Å²) >= 11 is 0. The van der Waals surface area contributed by atoms with Gasteiger partial charge in [0.1, 0.15) is 18.1 Å². The minimum atomic E-state index is -1.44. The number of nitrogens with one attached hydrogen (secondary N) is 4. The lowest BCUT2D eigenvalue weighted by atomic mass is 9.96. The molecule has 0 spiro atoms. The van der Waals surface area contributed by atoms with Crippen LogP contribution in [0.4, 0.5) is 0 Å². The number of amides is 4. The summed E-state index contributed by atoms with van der Waals surface area (Å²) in [6, 6.07) is 2.30. The molecule has 2 aromatic rings. The van der Waals surface area contributed by atoms with E-state index < -0.39 is 65.7 Å². The number of fused-ring (bicyclic) bond motifs is 1. The minimum Gasteiger partial charge on any atom is -0.481 e. The highest BCUT2D eigenvalue weighted by atomic mass is 16.4. The summed E-state index contributed by atoms with van der Waals surface area (Å²) < 4.78 is 0. The van der Waals surface area contributed by atoms with Crippen LogP contribution in [0, 0.1) is 5.92 Å². The monoisotopic (exact) mass is 574 g/mol. The molecule has 0 fully saturated rings. The highest BCUT2D eigenvalue weighted by molar-refractivity contribution is 5.95. The Morgan fingerprint density at radius 2 is 1.56 bits per heavy atom. The number of H-pyrrole nitrogens is 1. The number of hydrogen-bond acceptors (Lipinski definition) is 7. The molecule has 1 aromatic heterocycles. The topological polar surface area (TPSA) is 247 Å². The SMILES string of the molecule is CCC(C)C(NC(=O)C(N)CCC(=O)O)C(=O)NC(Cc1c[nH]c2ccccc12)C(=O)NC(CCC(N)=O)C(=O)O. The molecule has 0 saturated heterocycles. The second kappa shape index (κ2) is 15.4. The number of primary amides is 1. The quantitative estimate of drug-likeness (QED) is 0.124. The summed E-state index contributed by atoms with van der Waals surface area (Å²) in [4.78, 5) is 76.4. The van der Waals surface area contributed by atoms with E-state index in [1.807, 2.05) is 18.2 Å². The van der Waals surface area contributed by atoms with E-state index in [4.69, 9.17) is 16.6 Å². The van der Waals surface area contributed by atoms with Crippen molar-refractivity contribution >= 4 is 46.5 Å². The van der Waals surface area contributed by atoms with E-state index >= 15 is 0 Å². The number of carbonyl (C=O) groups is 6. The van der Waals surface area contributed by atoms with E-state index in [-0.39, 0.29) is 32.1 Å². The molecule has 1 heterocycles. The zero-order chi connectivity index (χ0) is 30.7. The Balaban J connectivity index is 2.32. The second-order valence-corrected chi connectivity index (χ2v) is 9.94. The van der Waals surface area contributed by atoms with Gasteiger partial charge in [0, 0.05) is 36.4 Å². The van der Waals surface area contributed by atoms with Gasteiger partial charge in [0.15, 0.2) is 0 Å². The van der Waals surface area contributed by atoms with Crippen molar-refractivity contribution in [3.05, 3.63) is 36.0 Å². The number of rotatable bonds is 17. The van der Waals surface area contributed by atoms with Gasteiger partial charge in [-0.15, -0.1) is 0 Å². The fourth-order valence-corrected chi connectivity index (χ4v) is 4.18. The zero-order valence-electron chi connectivity index (χ0n) is 23.0. The van der Waals surface area contributed by atoms with Crippen molar-refractivity contribution in [3.8, 4) is 0 Å². The molecule has 5 unspecified atom stereocenters. The number of nitrogens with two attached hydrogens (primary N) is 2. The van der Waals surface area contributed by atoms with Crippen molar-refractivity contribution < 1.29 is 39.0 Å². The average molecular weight is 575 g/mol. The maximum absolute atomic E-state index is 13.5. The number of aromatic nitrogens is 1. The van der Waals surface area contributed by atoms with Crippen LogP contribution in [0.5, 0.6) is 0 Å². The van der Waals surface area contributed by atoms with Gasteiger partial charge in [-0.1, -0.05) is 38.5 Å². The van der Waals surface area contributed by atoms with Crippen molar-refractivity contribution in [3.63, 3.8) is 0 Å². The lowest BCUT2D eigenvalue weighted by Crippen LogP contribution is -2.59. The molecule has 0 aliphatic heterocycles. The highest BCUT2D eigenvalue weighted by Gasteiger charge is 2.33. The molecule has 0 bridgehead atoms. The van der Waals surface area contributed by atoms with Crippen LogP contribution >= 0.6 is 0 Å². The highest BCUT2D eigenvalue weighted by Crippen LogP contribution is 2.20. The van der Waals surface area contributed by atoms with Gasteiger partial charge in [0.25, 0.3) is 0 Å². The van der Waals surface area contributed by atoms with Gasteiger partial charge in [-0.3, -0.25) is 24.0 Å². The van der Waals surface area contributed by atoms with Gasteiger partial charge in [-0.2, -0.15) is 0 Å².